The number of furan rings is 1. The lowest BCUT2D eigenvalue weighted by atomic mass is 9.95. The van der Waals surface area contributed by atoms with Crippen molar-refractivity contribution in [2.75, 3.05) is 4.90 Å². The molecule has 55 heavy (non-hydrogen) atoms. The first-order valence-corrected chi connectivity index (χ1v) is 19.5. The molecule has 0 saturated heterocycles. The summed E-state index contributed by atoms with van der Waals surface area (Å²) < 4.78 is 8.84. The van der Waals surface area contributed by atoms with Crippen molar-refractivity contribution in [1.29, 1.82) is 0 Å². The Bertz CT molecular complexity index is 3210. The molecular formula is C52H33NOS. The third-order valence-corrected chi connectivity index (χ3v) is 12.0. The molecule has 0 saturated carbocycles. The van der Waals surface area contributed by atoms with Crippen LogP contribution in [-0.2, 0) is 0 Å². The van der Waals surface area contributed by atoms with Crippen LogP contribution < -0.4 is 4.90 Å². The monoisotopic (exact) mass is 719 g/mol. The van der Waals surface area contributed by atoms with Crippen molar-refractivity contribution in [3.63, 3.8) is 0 Å². The minimum absolute atomic E-state index is 0.901. The Hall–Kier alpha value is -6.94. The maximum atomic E-state index is 6.28. The third-order valence-electron chi connectivity index (χ3n) is 10.9. The molecule has 11 rings (SSSR count). The van der Waals surface area contributed by atoms with Gasteiger partial charge < -0.3 is 9.32 Å². The van der Waals surface area contributed by atoms with Crippen LogP contribution in [0.4, 0.5) is 17.1 Å². The summed E-state index contributed by atoms with van der Waals surface area (Å²) in [7, 11) is 0. The maximum Gasteiger partial charge on any atom is 0.136 e. The predicted octanol–water partition coefficient (Wildman–Crippen LogP) is 15.6. The molecule has 3 heteroatoms. The molecule has 0 unspecified atom stereocenters. The van der Waals surface area contributed by atoms with E-state index in [1.807, 2.05) is 23.5 Å². The number of rotatable bonds is 6. The van der Waals surface area contributed by atoms with Crippen LogP contribution in [0.25, 0.3) is 86.3 Å². The summed E-state index contributed by atoms with van der Waals surface area (Å²) in [6.07, 6.45) is 0. The van der Waals surface area contributed by atoms with Gasteiger partial charge in [0.05, 0.1) is 11.4 Å². The van der Waals surface area contributed by atoms with Gasteiger partial charge in [-0.2, -0.15) is 0 Å². The molecular weight excluding hydrogens is 687 g/mol. The first-order chi connectivity index (χ1) is 27.2. The van der Waals surface area contributed by atoms with Crippen LogP contribution in [0, 0.1) is 0 Å². The summed E-state index contributed by atoms with van der Waals surface area (Å²) in [5.41, 5.74) is 12.1. The van der Waals surface area contributed by atoms with Gasteiger partial charge in [-0.3, -0.25) is 0 Å². The number of hydrogen-bond acceptors (Lipinski definition) is 3. The van der Waals surface area contributed by atoms with Gasteiger partial charge >= 0.3 is 0 Å². The van der Waals surface area contributed by atoms with E-state index in [9.17, 15) is 0 Å². The molecule has 0 bridgehead atoms. The summed E-state index contributed by atoms with van der Waals surface area (Å²) in [6, 6.07) is 72.4. The zero-order valence-corrected chi connectivity index (χ0v) is 30.6. The quantitative estimate of drug-likeness (QED) is 0.170. The zero-order valence-electron chi connectivity index (χ0n) is 29.8. The molecule has 2 nitrogen and oxygen atoms in total. The predicted molar refractivity (Wildman–Crippen MR) is 235 cm³/mol. The van der Waals surface area contributed by atoms with Crippen LogP contribution in [0.5, 0.6) is 0 Å². The molecule has 0 aliphatic heterocycles. The van der Waals surface area contributed by atoms with Crippen molar-refractivity contribution in [2.24, 2.45) is 0 Å². The molecule has 0 amide bonds. The van der Waals surface area contributed by atoms with Crippen LogP contribution in [0.15, 0.2) is 205 Å². The van der Waals surface area contributed by atoms with Gasteiger partial charge in [0.1, 0.15) is 11.2 Å². The van der Waals surface area contributed by atoms with Gasteiger partial charge in [0.15, 0.2) is 0 Å². The third kappa shape index (κ3) is 5.40. The fourth-order valence-electron chi connectivity index (χ4n) is 8.19. The van der Waals surface area contributed by atoms with Crippen LogP contribution in [0.3, 0.4) is 0 Å². The van der Waals surface area contributed by atoms with Crippen molar-refractivity contribution >= 4 is 81.3 Å². The minimum Gasteiger partial charge on any atom is -0.456 e. The second-order valence-electron chi connectivity index (χ2n) is 14.1. The van der Waals surface area contributed by atoms with E-state index in [4.69, 9.17) is 4.42 Å². The summed E-state index contributed by atoms with van der Waals surface area (Å²) in [6.45, 7) is 0. The maximum absolute atomic E-state index is 6.28. The Kier molecular flexibility index (Phi) is 7.39. The summed E-state index contributed by atoms with van der Waals surface area (Å²) >= 11 is 1.85. The van der Waals surface area contributed by atoms with Gasteiger partial charge in [-0.15, -0.1) is 11.3 Å². The molecule has 0 fully saturated rings. The molecule has 11 aromatic rings. The van der Waals surface area contributed by atoms with E-state index in [1.165, 1.54) is 53.2 Å². The van der Waals surface area contributed by atoms with Gasteiger partial charge in [0, 0.05) is 42.2 Å². The highest BCUT2D eigenvalue weighted by Gasteiger charge is 2.22. The first kappa shape index (κ1) is 31.6. The molecule has 0 atom stereocenters. The van der Waals surface area contributed by atoms with Crippen molar-refractivity contribution in [1.82, 2.24) is 0 Å². The Morgan fingerprint density at radius 1 is 0.364 bits per heavy atom. The largest absolute Gasteiger partial charge is 0.456 e. The second kappa shape index (κ2) is 12.9. The number of fused-ring (bicyclic) bond motifs is 7. The molecule has 2 aromatic heterocycles. The summed E-state index contributed by atoms with van der Waals surface area (Å²) in [5, 5.41) is 7.28. The number of hydrogen-bond donors (Lipinski definition) is 0. The average Bonchev–Trinajstić information content (AvgIpc) is 3.83. The van der Waals surface area contributed by atoms with Crippen LogP contribution >= 0.6 is 11.3 Å². The van der Waals surface area contributed by atoms with E-state index in [0.29, 0.717) is 0 Å². The topological polar surface area (TPSA) is 16.4 Å². The smallest absolute Gasteiger partial charge is 0.136 e. The summed E-state index contributed by atoms with van der Waals surface area (Å²) in [5.74, 6) is 0. The molecule has 9 aromatic carbocycles. The molecule has 2 heterocycles. The average molecular weight is 720 g/mol. The molecule has 0 spiro atoms. The minimum atomic E-state index is 0.901. The highest BCUT2D eigenvalue weighted by atomic mass is 32.1. The van der Waals surface area contributed by atoms with Crippen molar-refractivity contribution in [3.05, 3.63) is 200 Å². The van der Waals surface area contributed by atoms with Crippen LogP contribution in [0.2, 0.25) is 0 Å². The lowest BCUT2D eigenvalue weighted by molar-refractivity contribution is 0.669. The molecule has 0 aliphatic rings. The molecule has 0 aliphatic carbocycles. The van der Waals surface area contributed by atoms with Crippen molar-refractivity contribution < 1.29 is 4.42 Å². The molecule has 0 N–H and O–H groups in total. The fourth-order valence-corrected chi connectivity index (χ4v) is 9.31. The first-order valence-electron chi connectivity index (χ1n) is 18.7. The SMILES string of the molecule is c1ccc(-c2ccc(-c3ccc4ccccc4c3)cc2N(c2ccc(-c3ccc4c(c3)oc3ccccc34)cc2)c2cccc3sc4ccccc4c23)cc1. The van der Waals surface area contributed by atoms with E-state index in [-0.39, 0.29) is 0 Å². The molecule has 0 radical (unpaired) electrons. The van der Waals surface area contributed by atoms with Gasteiger partial charge in [-0.25, -0.2) is 0 Å². The number of para-hydroxylation sites is 1. The van der Waals surface area contributed by atoms with E-state index < -0.39 is 0 Å². The van der Waals surface area contributed by atoms with Crippen LogP contribution in [-0.4, -0.2) is 0 Å². The second-order valence-corrected chi connectivity index (χ2v) is 15.2. The number of benzene rings is 9. The standard InChI is InChI=1S/C52H33NOS/c1-2-12-36(13-3-1)42-29-25-39(38-22-21-34-11-4-5-14-37(34)31-38)32-47(42)53(46-17-10-20-51-52(46)45-16-7-9-19-50(45)55-51)41-27-23-35(24-28-41)40-26-30-44-43-15-6-8-18-48(43)54-49(44)33-40/h1-33H. The van der Waals surface area contributed by atoms with Gasteiger partial charge in [-0.05, 0) is 99.3 Å². The molecule has 258 valence electrons. The number of anilines is 3. The van der Waals surface area contributed by atoms with Gasteiger partial charge in [0.2, 0.25) is 0 Å². The van der Waals surface area contributed by atoms with E-state index in [2.05, 4.69) is 193 Å². The zero-order chi connectivity index (χ0) is 36.3. The van der Waals surface area contributed by atoms with Gasteiger partial charge in [0.25, 0.3) is 0 Å². The number of nitrogens with zero attached hydrogens (tertiary/aromatic N) is 1. The Morgan fingerprint density at radius 3 is 1.91 bits per heavy atom. The fraction of sp³-hybridized carbons (Fsp3) is 0. The lowest BCUT2D eigenvalue weighted by Crippen LogP contribution is -2.12. The van der Waals surface area contributed by atoms with E-state index in [0.717, 1.165) is 50.1 Å². The Labute approximate surface area is 322 Å². The Balaban J connectivity index is 1.13. The van der Waals surface area contributed by atoms with Crippen molar-refractivity contribution in [3.8, 4) is 33.4 Å². The summed E-state index contributed by atoms with van der Waals surface area (Å²) in [4.78, 5) is 2.47. The normalized spacial score (nSPS) is 11.6. The van der Waals surface area contributed by atoms with Gasteiger partial charge in [-0.1, -0.05) is 140 Å². The highest BCUT2D eigenvalue weighted by Crippen LogP contribution is 2.48. The lowest BCUT2D eigenvalue weighted by Gasteiger charge is -2.29. The van der Waals surface area contributed by atoms with Crippen LogP contribution in [0.1, 0.15) is 0 Å². The highest BCUT2D eigenvalue weighted by molar-refractivity contribution is 7.26. The van der Waals surface area contributed by atoms with E-state index >= 15 is 0 Å². The van der Waals surface area contributed by atoms with E-state index in [1.54, 1.807) is 0 Å². The van der Waals surface area contributed by atoms with Crippen molar-refractivity contribution in [2.45, 2.75) is 0 Å². The Morgan fingerprint density at radius 2 is 1.02 bits per heavy atom. The number of thiophene rings is 1.